The van der Waals surface area contributed by atoms with Crippen molar-refractivity contribution in [3.05, 3.63) is 100 Å². The van der Waals surface area contributed by atoms with E-state index in [1.807, 2.05) is 75.4 Å². The highest BCUT2D eigenvalue weighted by Gasteiger charge is 2.35. The number of benzene rings is 3. The number of hydrogen-bond acceptors (Lipinski definition) is 4. The molecule has 0 aliphatic rings. The summed E-state index contributed by atoms with van der Waals surface area (Å²) >= 11 is 3.46. The summed E-state index contributed by atoms with van der Waals surface area (Å²) in [7, 11) is -1.45. The van der Waals surface area contributed by atoms with Crippen molar-refractivity contribution in [2.75, 3.05) is 24.9 Å². The third kappa shape index (κ3) is 9.11. The zero-order valence-electron chi connectivity index (χ0n) is 23.8. The van der Waals surface area contributed by atoms with Crippen LogP contribution in [0.1, 0.15) is 31.9 Å². The Morgan fingerprint density at radius 1 is 0.927 bits per heavy atom. The van der Waals surface area contributed by atoms with E-state index in [0.717, 1.165) is 36.3 Å². The number of carbonyl (C=O) groups excluding carboxylic acids is 2. The van der Waals surface area contributed by atoms with Crippen LogP contribution < -0.4 is 9.62 Å². The molecule has 220 valence electrons. The number of nitrogens with zero attached hydrogens (tertiary/aromatic N) is 3. The maximum Gasteiger partial charge on any atom is 0.304 e. The lowest BCUT2D eigenvalue weighted by atomic mass is 10.0. The zero-order valence-corrected chi connectivity index (χ0v) is 26.2. The van der Waals surface area contributed by atoms with E-state index in [0.29, 0.717) is 0 Å². The number of carbonyl (C=O) groups is 2. The molecule has 0 aliphatic carbocycles. The van der Waals surface area contributed by atoms with Gasteiger partial charge in [0.25, 0.3) is 0 Å². The second-order valence-corrected chi connectivity index (χ2v) is 13.9. The minimum atomic E-state index is -4.16. The molecule has 0 radical (unpaired) electrons. The Balaban J connectivity index is 2.11. The molecule has 11 heteroatoms. The van der Waals surface area contributed by atoms with Crippen molar-refractivity contribution in [2.24, 2.45) is 0 Å². The van der Waals surface area contributed by atoms with Crippen LogP contribution in [0.25, 0.3) is 0 Å². The van der Waals surface area contributed by atoms with Gasteiger partial charge in [0.2, 0.25) is 11.8 Å². The molecule has 2 amide bonds. The SMILES string of the molecule is CN(C)S(=O)(=O)N(CC(=O)N(Cc1cccc(Br)c1)C(Cc1ccccc1)C(=O)NC(C)(C)C)c1ccc(F)cc1. The highest BCUT2D eigenvalue weighted by Crippen LogP contribution is 2.23. The van der Waals surface area contributed by atoms with Crippen molar-refractivity contribution in [3.63, 3.8) is 0 Å². The maximum absolute atomic E-state index is 14.2. The van der Waals surface area contributed by atoms with E-state index in [4.69, 9.17) is 0 Å². The van der Waals surface area contributed by atoms with Gasteiger partial charge in [-0.25, -0.2) is 8.70 Å². The second-order valence-electron chi connectivity index (χ2n) is 10.9. The van der Waals surface area contributed by atoms with Crippen LogP contribution in [0.15, 0.2) is 83.3 Å². The Morgan fingerprint density at radius 2 is 1.54 bits per heavy atom. The van der Waals surface area contributed by atoms with E-state index in [2.05, 4.69) is 21.2 Å². The van der Waals surface area contributed by atoms with Crippen molar-refractivity contribution in [3.8, 4) is 0 Å². The van der Waals surface area contributed by atoms with E-state index in [9.17, 15) is 22.4 Å². The predicted octanol–water partition coefficient (Wildman–Crippen LogP) is 4.76. The van der Waals surface area contributed by atoms with Crippen LogP contribution in [0.4, 0.5) is 10.1 Å². The van der Waals surface area contributed by atoms with Gasteiger partial charge in [0, 0.05) is 37.1 Å². The maximum atomic E-state index is 14.2. The fourth-order valence-electron chi connectivity index (χ4n) is 4.16. The molecule has 8 nitrogen and oxygen atoms in total. The molecule has 0 bridgehead atoms. The second kappa shape index (κ2) is 13.6. The van der Waals surface area contributed by atoms with Crippen molar-refractivity contribution >= 4 is 43.6 Å². The number of rotatable bonds is 11. The fourth-order valence-corrected chi connectivity index (χ4v) is 5.67. The van der Waals surface area contributed by atoms with Gasteiger partial charge in [-0.2, -0.15) is 12.7 Å². The molecule has 1 unspecified atom stereocenters. The largest absolute Gasteiger partial charge is 0.350 e. The molecule has 0 heterocycles. The lowest BCUT2D eigenvalue weighted by Gasteiger charge is -2.35. The highest BCUT2D eigenvalue weighted by molar-refractivity contribution is 9.10. The van der Waals surface area contributed by atoms with E-state index in [1.165, 1.54) is 31.1 Å². The lowest BCUT2D eigenvalue weighted by molar-refractivity contribution is -0.140. The first-order chi connectivity index (χ1) is 19.2. The summed E-state index contributed by atoms with van der Waals surface area (Å²) in [5, 5.41) is 2.99. The lowest BCUT2D eigenvalue weighted by Crippen LogP contribution is -2.56. The van der Waals surface area contributed by atoms with Crippen LogP contribution in [-0.2, 0) is 32.8 Å². The summed E-state index contributed by atoms with van der Waals surface area (Å²) < 4.78 is 43.1. The molecule has 0 fully saturated rings. The number of anilines is 1. The first-order valence-corrected chi connectivity index (χ1v) is 15.2. The average Bonchev–Trinajstić information content (AvgIpc) is 2.89. The van der Waals surface area contributed by atoms with Crippen LogP contribution in [0.3, 0.4) is 0 Å². The van der Waals surface area contributed by atoms with Crippen LogP contribution >= 0.6 is 15.9 Å². The Labute approximate surface area is 250 Å². The van der Waals surface area contributed by atoms with Crippen LogP contribution in [0.2, 0.25) is 0 Å². The Kier molecular flexibility index (Phi) is 10.7. The van der Waals surface area contributed by atoms with Crippen molar-refractivity contribution in [1.29, 1.82) is 0 Å². The van der Waals surface area contributed by atoms with Gasteiger partial charge in [0.15, 0.2) is 0 Å². The molecule has 3 rings (SSSR count). The quantitative estimate of drug-likeness (QED) is 0.325. The average molecular weight is 648 g/mol. The van der Waals surface area contributed by atoms with Crippen LogP contribution in [0, 0.1) is 5.82 Å². The molecule has 41 heavy (non-hydrogen) atoms. The zero-order chi connectivity index (χ0) is 30.4. The van der Waals surface area contributed by atoms with Gasteiger partial charge < -0.3 is 10.2 Å². The summed E-state index contributed by atoms with van der Waals surface area (Å²) in [6, 6.07) is 20.6. The van der Waals surface area contributed by atoms with Crippen LogP contribution in [-0.4, -0.2) is 61.7 Å². The van der Waals surface area contributed by atoms with Gasteiger partial charge in [0.05, 0.1) is 5.69 Å². The minimum Gasteiger partial charge on any atom is -0.350 e. The molecule has 0 aromatic heterocycles. The Hall–Kier alpha value is -3.28. The normalized spacial score (nSPS) is 12.6. The first-order valence-electron chi connectivity index (χ1n) is 13.0. The van der Waals surface area contributed by atoms with Crippen LogP contribution in [0.5, 0.6) is 0 Å². The van der Waals surface area contributed by atoms with Gasteiger partial charge in [-0.3, -0.25) is 9.59 Å². The van der Waals surface area contributed by atoms with E-state index in [1.54, 1.807) is 0 Å². The van der Waals surface area contributed by atoms with Gasteiger partial charge >= 0.3 is 10.2 Å². The van der Waals surface area contributed by atoms with E-state index >= 15 is 0 Å². The minimum absolute atomic E-state index is 0.0482. The van der Waals surface area contributed by atoms with E-state index < -0.39 is 40.1 Å². The number of hydrogen-bond donors (Lipinski definition) is 1. The Bertz CT molecular complexity index is 1450. The van der Waals surface area contributed by atoms with Crippen molar-refractivity contribution in [2.45, 2.75) is 45.3 Å². The van der Waals surface area contributed by atoms with Gasteiger partial charge in [-0.05, 0) is 68.3 Å². The third-order valence-corrected chi connectivity index (χ3v) is 8.46. The smallest absolute Gasteiger partial charge is 0.304 e. The molecule has 0 aliphatic heterocycles. The van der Waals surface area contributed by atoms with Crippen molar-refractivity contribution < 1.29 is 22.4 Å². The number of halogens is 2. The summed E-state index contributed by atoms with van der Waals surface area (Å²) in [5.41, 5.74) is 1.13. The number of amides is 2. The molecule has 0 saturated heterocycles. The molecular weight excluding hydrogens is 611 g/mol. The number of nitrogens with one attached hydrogen (secondary N) is 1. The molecule has 1 N–H and O–H groups in total. The molecule has 3 aromatic carbocycles. The van der Waals surface area contributed by atoms with Gasteiger partial charge in [0.1, 0.15) is 18.4 Å². The first kappa shape index (κ1) is 32.2. The molecule has 1 atom stereocenters. The standard InChI is InChI=1S/C30H36BrFN4O4S/c1-30(2,3)33-29(38)27(19-22-10-7-6-8-11-22)35(20-23-12-9-13-24(31)18-23)28(37)21-36(41(39,40)34(4)5)26-16-14-25(32)15-17-26/h6-18,27H,19-21H2,1-5H3,(H,33,38). The molecule has 3 aromatic rings. The topological polar surface area (TPSA) is 90.0 Å². The summed E-state index contributed by atoms with van der Waals surface area (Å²) in [5.74, 6) is -1.50. The highest BCUT2D eigenvalue weighted by atomic mass is 79.9. The summed E-state index contributed by atoms with van der Waals surface area (Å²) in [6.45, 7) is 5.00. The monoisotopic (exact) mass is 646 g/mol. The molecular formula is C30H36BrFN4O4S. The van der Waals surface area contributed by atoms with Crippen molar-refractivity contribution in [1.82, 2.24) is 14.5 Å². The third-order valence-electron chi connectivity index (χ3n) is 6.14. The summed E-state index contributed by atoms with van der Waals surface area (Å²) in [4.78, 5) is 29.4. The molecule has 0 saturated carbocycles. The predicted molar refractivity (Wildman–Crippen MR) is 163 cm³/mol. The Morgan fingerprint density at radius 3 is 2.10 bits per heavy atom. The van der Waals surface area contributed by atoms with E-state index in [-0.39, 0.29) is 24.6 Å². The fraction of sp³-hybridized carbons (Fsp3) is 0.333. The van der Waals surface area contributed by atoms with Gasteiger partial charge in [-0.1, -0.05) is 58.4 Å². The molecule has 0 spiro atoms. The van der Waals surface area contributed by atoms with Gasteiger partial charge in [-0.15, -0.1) is 0 Å². The summed E-state index contributed by atoms with van der Waals surface area (Å²) in [6.07, 6.45) is 0.208.